The Bertz CT molecular complexity index is 598. The predicted molar refractivity (Wildman–Crippen MR) is 67.2 cm³/mol. The summed E-state index contributed by atoms with van der Waals surface area (Å²) in [6.07, 6.45) is 0.721. The smallest absolute Gasteiger partial charge is 0.239 e. The van der Waals surface area contributed by atoms with Gasteiger partial charge in [-0.05, 0) is 40.0 Å². The Balaban J connectivity index is 2.63. The maximum absolute atomic E-state index is 11.4. The zero-order valence-corrected chi connectivity index (χ0v) is 11.5. The van der Waals surface area contributed by atoms with Crippen LogP contribution in [-0.2, 0) is 21.2 Å². The molecule has 0 unspecified atom stereocenters. The number of halogens is 1. The molecule has 1 aliphatic rings. The van der Waals surface area contributed by atoms with Gasteiger partial charge in [-0.2, -0.15) is 0 Å². The first kappa shape index (κ1) is 12.5. The summed E-state index contributed by atoms with van der Waals surface area (Å²) in [5.41, 5.74) is 1.57. The van der Waals surface area contributed by atoms with Crippen LogP contribution in [0.4, 0.5) is 5.69 Å². The summed E-state index contributed by atoms with van der Waals surface area (Å²) in [5.74, 6) is -0.105. The van der Waals surface area contributed by atoms with Gasteiger partial charge < -0.3 is 4.90 Å². The van der Waals surface area contributed by atoms with E-state index in [-0.39, 0.29) is 10.8 Å². The molecular formula is C10H11BrN2O3S. The molecule has 1 amide bonds. The van der Waals surface area contributed by atoms with Crippen molar-refractivity contribution < 1.29 is 13.2 Å². The van der Waals surface area contributed by atoms with Crippen LogP contribution in [0, 0.1) is 0 Å². The fraction of sp³-hybridized carbons (Fsp3) is 0.300. The molecule has 0 radical (unpaired) electrons. The van der Waals surface area contributed by atoms with E-state index in [9.17, 15) is 13.2 Å². The van der Waals surface area contributed by atoms with Crippen molar-refractivity contribution in [1.29, 1.82) is 0 Å². The van der Waals surface area contributed by atoms with Gasteiger partial charge in [0, 0.05) is 23.6 Å². The third-order valence-corrected chi connectivity index (χ3v) is 4.58. The third-order valence-electron chi connectivity index (χ3n) is 2.72. The van der Waals surface area contributed by atoms with E-state index in [4.69, 9.17) is 5.14 Å². The monoisotopic (exact) mass is 318 g/mol. The fourth-order valence-electron chi connectivity index (χ4n) is 1.93. The van der Waals surface area contributed by atoms with Crippen LogP contribution in [0.2, 0.25) is 0 Å². The maximum Gasteiger partial charge on any atom is 0.239 e. The number of benzene rings is 1. The van der Waals surface area contributed by atoms with E-state index in [2.05, 4.69) is 15.9 Å². The molecule has 1 aromatic carbocycles. The van der Waals surface area contributed by atoms with Crippen LogP contribution in [0.25, 0.3) is 0 Å². The van der Waals surface area contributed by atoms with Gasteiger partial charge in [0.05, 0.1) is 4.90 Å². The van der Waals surface area contributed by atoms with Crippen LogP contribution in [0.3, 0.4) is 0 Å². The van der Waals surface area contributed by atoms with Crippen molar-refractivity contribution in [3.05, 3.63) is 22.2 Å². The van der Waals surface area contributed by atoms with Gasteiger partial charge in [0.1, 0.15) is 0 Å². The van der Waals surface area contributed by atoms with Crippen molar-refractivity contribution >= 4 is 37.5 Å². The molecule has 1 aliphatic heterocycles. The number of hydrogen-bond acceptors (Lipinski definition) is 3. The molecule has 0 saturated heterocycles. The number of carbonyl (C=O) groups is 1. The van der Waals surface area contributed by atoms with E-state index in [1.54, 1.807) is 11.0 Å². The number of amides is 1. The molecule has 0 saturated carbocycles. The van der Waals surface area contributed by atoms with Crippen LogP contribution in [-0.4, -0.2) is 20.9 Å². The topological polar surface area (TPSA) is 80.5 Å². The first-order valence-electron chi connectivity index (χ1n) is 4.94. The van der Waals surface area contributed by atoms with Gasteiger partial charge in [0.15, 0.2) is 0 Å². The normalized spacial score (nSPS) is 14.9. The summed E-state index contributed by atoms with van der Waals surface area (Å²) < 4.78 is 23.2. The highest BCUT2D eigenvalue weighted by Gasteiger charge is 2.25. The second-order valence-corrected chi connectivity index (χ2v) is 6.26. The molecule has 92 valence electrons. The van der Waals surface area contributed by atoms with Crippen molar-refractivity contribution in [3.63, 3.8) is 0 Å². The molecule has 5 nitrogen and oxygen atoms in total. The summed E-state index contributed by atoms with van der Waals surface area (Å²) in [7, 11) is -3.79. The number of nitrogens with zero attached hydrogens (tertiary/aromatic N) is 1. The molecule has 17 heavy (non-hydrogen) atoms. The lowest BCUT2D eigenvalue weighted by atomic mass is 10.2. The lowest BCUT2D eigenvalue weighted by Crippen LogP contribution is -2.26. The number of carbonyl (C=O) groups excluding carboxylic acids is 1. The molecule has 1 aromatic rings. The first-order valence-corrected chi connectivity index (χ1v) is 7.28. The van der Waals surface area contributed by atoms with Crippen molar-refractivity contribution in [3.8, 4) is 0 Å². The molecule has 2 N–H and O–H groups in total. The van der Waals surface area contributed by atoms with Gasteiger partial charge in [-0.1, -0.05) is 0 Å². The molecule has 0 aromatic heterocycles. The maximum atomic E-state index is 11.4. The van der Waals surface area contributed by atoms with Crippen molar-refractivity contribution in [1.82, 2.24) is 0 Å². The summed E-state index contributed by atoms with van der Waals surface area (Å²) in [5, 5.41) is 5.11. The quantitative estimate of drug-likeness (QED) is 0.839. The number of primary sulfonamides is 1. The Morgan fingerprint density at radius 3 is 2.65 bits per heavy atom. The second-order valence-electron chi connectivity index (χ2n) is 3.88. The van der Waals surface area contributed by atoms with E-state index < -0.39 is 10.0 Å². The van der Waals surface area contributed by atoms with E-state index in [0.717, 1.165) is 12.0 Å². The van der Waals surface area contributed by atoms with Crippen LogP contribution in [0.15, 0.2) is 21.5 Å². The Morgan fingerprint density at radius 1 is 1.47 bits per heavy atom. The highest BCUT2D eigenvalue weighted by molar-refractivity contribution is 9.10. The summed E-state index contributed by atoms with van der Waals surface area (Å²) in [6, 6.07) is 3.15. The summed E-state index contributed by atoms with van der Waals surface area (Å²) >= 11 is 3.18. The molecule has 1 heterocycles. The van der Waals surface area contributed by atoms with E-state index in [1.165, 1.54) is 13.0 Å². The Hall–Kier alpha value is -0.920. The number of rotatable bonds is 1. The van der Waals surface area contributed by atoms with Gasteiger partial charge in [-0.15, -0.1) is 0 Å². The minimum absolute atomic E-state index is 0.00407. The van der Waals surface area contributed by atoms with E-state index in [1.807, 2.05) is 0 Å². The lowest BCUT2D eigenvalue weighted by Gasteiger charge is -2.15. The molecule has 0 bridgehead atoms. The standard InChI is InChI=1S/C10H11BrN2O3S/c1-6(14)13-3-2-7-4-8(11)10(5-9(7)13)17(12,15)16/h4-5H,2-3H2,1H3,(H2,12,15,16). The molecule has 2 rings (SSSR count). The summed E-state index contributed by atoms with van der Waals surface area (Å²) in [4.78, 5) is 12.9. The molecule has 0 spiro atoms. The molecular weight excluding hydrogens is 308 g/mol. The number of hydrogen-bond donors (Lipinski definition) is 1. The van der Waals surface area contributed by atoms with Crippen LogP contribution in [0.1, 0.15) is 12.5 Å². The number of nitrogens with two attached hydrogens (primary N) is 1. The number of sulfonamides is 1. The van der Waals surface area contributed by atoms with Gasteiger partial charge >= 0.3 is 0 Å². The van der Waals surface area contributed by atoms with E-state index >= 15 is 0 Å². The van der Waals surface area contributed by atoms with Gasteiger partial charge in [-0.25, -0.2) is 13.6 Å². The minimum atomic E-state index is -3.79. The number of fused-ring (bicyclic) bond motifs is 1. The average molecular weight is 319 g/mol. The second kappa shape index (κ2) is 4.08. The number of anilines is 1. The molecule has 7 heteroatoms. The van der Waals surface area contributed by atoms with Crippen molar-refractivity contribution in [2.45, 2.75) is 18.2 Å². The summed E-state index contributed by atoms with van der Waals surface area (Å²) in [6.45, 7) is 2.03. The zero-order chi connectivity index (χ0) is 12.8. The van der Waals surface area contributed by atoms with Crippen LogP contribution >= 0.6 is 15.9 Å². The van der Waals surface area contributed by atoms with Crippen LogP contribution < -0.4 is 10.0 Å². The molecule has 0 atom stereocenters. The lowest BCUT2D eigenvalue weighted by molar-refractivity contribution is -0.116. The molecule has 0 aliphatic carbocycles. The van der Waals surface area contributed by atoms with Crippen molar-refractivity contribution in [2.24, 2.45) is 5.14 Å². The predicted octanol–water partition coefficient (Wildman–Crippen LogP) is 1.01. The Kier molecular flexibility index (Phi) is 3.01. The fourth-order valence-corrected chi connectivity index (χ4v) is 3.61. The SMILES string of the molecule is CC(=O)N1CCc2cc(Br)c(S(N)(=O)=O)cc21. The highest BCUT2D eigenvalue weighted by Crippen LogP contribution is 2.34. The van der Waals surface area contributed by atoms with E-state index in [0.29, 0.717) is 16.7 Å². The molecule has 0 fully saturated rings. The highest BCUT2D eigenvalue weighted by atomic mass is 79.9. The largest absolute Gasteiger partial charge is 0.312 e. The Labute approximate surface area is 108 Å². The van der Waals surface area contributed by atoms with Gasteiger partial charge in [-0.3, -0.25) is 4.79 Å². The van der Waals surface area contributed by atoms with Gasteiger partial charge in [0.2, 0.25) is 15.9 Å². The van der Waals surface area contributed by atoms with Gasteiger partial charge in [0.25, 0.3) is 0 Å². The Morgan fingerprint density at radius 2 is 2.12 bits per heavy atom. The average Bonchev–Trinajstić information content (AvgIpc) is 2.57. The van der Waals surface area contributed by atoms with Crippen molar-refractivity contribution in [2.75, 3.05) is 11.4 Å². The zero-order valence-electron chi connectivity index (χ0n) is 9.10. The first-order chi connectivity index (χ1) is 7.80. The third kappa shape index (κ3) is 2.22. The van der Waals surface area contributed by atoms with Crippen LogP contribution in [0.5, 0.6) is 0 Å². The minimum Gasteiger partial charge on any atom is -0.312 e.